The van der Waals surface area contributed by atoms with Crippen LogP contribution in [-0.4, -0.2) is 46.8 Å². The van der Waals surface area contributed by atoms with E-state index in [9.17, 15) is 23.5 Å². The molecule has 1 aliphatic heterocycles. The highest BCUT2D eigenvalue weighted by atomic mass is 35.5. The van der Waals surface area contributed by atoms with Crippen LogP contribution in [0.1, 0.15) is 43.6 Å². The van der Waals surface area contributed by atoms with Gasteiger partial charge in [-0.2, -0.15) is 0 Å². The first-order chi connectivity index (χ1) is 15.6. The first-order valence-electron chi connectivity index (χ1n) is 10.8. The lowest BCUT2D eigenvalue weighted by molar-refractivity contribution is 0.0931. The van der Waals surface area contributed by atoms with Gasteiger partial charge >= 0.3 is 6.09 Å². The molecule has 33 heavy (non-hydrogen) atoms. The number of amides is 2. The summed E-state index contributed by atoms with van der Waals surface area (Å²) >= 11 is 6.47. The van der Waals surface area contributed by atoms with Crippen LogP contribution in [0, 0.1) is 17.6 Å². The van der Waals surface area contributed by atoms with Crippen molar-refractivity contribution < 1.29 is 23.5 Å². The quantitative estimate of drug-likeness (QED) is 0.570. The van der Waals surface area contributed by atoms with Gasteiger partial charge < -0.3 is 20.6 Å². The predicted molar refractivity (Wildman–Crippen MR) is 121 cm³/mol. The summed E-state index contributed by atoms with van der Waals surface area (Å²) in [7, 11) is 0. The zero-order valence-electron chi connectivity index (χ0n) is 18.3. The van der Waals surface area contributed by atoms with Gasteiger partial charge in [0.05, 0.1) is 16.2 Å². The molecule has 4 rings (SSSR count). The van der Waals surface area contributed by atoms with Gasteiger partial charge in [-0.05, 0) is 56.7 Å². The molecule has 0 unspecified atom stereocenters. The van der Waals surface area contributed by atoms with Gasteiger partial charge in [0.15, 0.2) is 5.69 Å². The zero-order chi connectivity index (χ0) is 23.9. The van der Waals surface area contributed by atoms with Gasteiger partial charge in [-0.15, -0.1) is 0 Å². The Kier molecular flexibility index (Phi) is 6.18. The molecule has 7 nitrogen and oxygen atoms in total. The van der Waals surface area contributed by atoms with Crippen LogP contribution in [0.2, 0.25) is 5.02 Å². The fourth-order valence-corrected chi connectivity index (χ4v) is 4.67. The third-order valence-corrected chi connectivity index (χ3v) is 6.55. The fourth-order valence-electron chi connectivity index (χ4n) is 4.43. The number of anilines is 1. The average Bonchev–Trinajstić information content (AvgIpc) is 3.49. The van der Waals surface area contributed by atoms with E-state index in [4.69, 9.17) is 11.6 Å². The molecule has 1 aliphatic carbocycles. The van der Waals surface area contributed by atoms with E-state index in [-0.39, 0.29) is 34.4 Å². The molecular weight excluding hydrogens is 454 g/mol. The largest absolute Gasteiger partial charge is 0.465 e. The van der Waals surface area contributed by atoms with Crippen LogP contribution in [0.25, 0.3) is 11.1 Å². The van der Waals surface area contributed by atoms with Crippen molar-refractivity contribution in [2.45, 2.75) is 44.7 Å². The molecule has 0 bridgehead atoms. The van der Waals surface area contributed by atoms with Crippen molar-refractivity contribution in [3.05, 3.63) is 46.7 Å². The van der Waals surface area contributed by atoms with Gasteiger partial charge in [0.25, 0.3) is 5.91 Å². The van der Waals surface area contributed by atoms with Crippen molar-refractivity contribution in [1.29, 1.82) is 0 Å². The number of carbonyl (C=O) groups excluding carboxylic acids is 1. The molecule has 10 heteroatoms. The summed E-state index contributed by atoms with van der Waals surface area (Å²) in [6, 6.07) is 3.00. The summed E-state index contributed by atoms with van der Waals surface area (Å²) in [5.74, 6) is -1.57. The summed E-state index contributed by atoms with van der Waals surface area (Å²) in [6.07, 6.45) is 2.68. The van der Waals surface area contributed by atoms with Crippen molar-refractivity contribution in [2.75, 3.05) is 18.0 Å². The molecule has 2 heterocycles. The number of carboxylic acid groups (broad SMARTS) is 1. The standard InChI is InChI=1S/C23H25ClF2N4O3/c1-12(13-3-4-13)28-21(31)19-20(30-6-5-23(2,11-30)29-22(32)33)18(17(24)10-27-19)14-7-15(25)9-16(26)8-14/h7-10,12-13,29H,3-6,11H2,1-2H3,(H,28,31)(H,32,33)/t12-,23-/m0/s1. The second-order valence-corrected chi connectivity index (χ2v) is 9.51. The molecule has 0 radical (unpaired) electrons. The Morgan fingerprint density at radius 1 is 1.27 bits per heavy atom. The minimum absolute atomic E-state index is 0.0459. The molecule has 176 valence electrons. The summed E-state index contributed by atoms with van der Waals surface area (Å²) in [5, 5.41) is 14.8. The minimum atomic E-state index is -1.16. The number of rotatable bonds is 6. The molecule has 2 fully saturated rings. The van der Waals surface area contributed by atoms with E-state index < -0.39 is 29.2 Å². The van der Waals surface area contributed by atoms with Gasteiger partial charge in [-0.25, -0.2) is 18.6 Å². The molecule has 1 aromatic carbocycles. The lowest BCUT2D eigenvalue weighted by Gasteiger charge is -2.28. The van der Waals surface area contributed by atoms with Crippen LogP contribution in [0.15, 0.2) is 24.4 Å². The molecule has 1 saturated heterocycles. The number of aromatic nitrogens is 1. The Hall–Kier alpha value is -2.94. The normalized spacial score (nSPS) is 21.1. The van der Waals surface area contributed by atoms with Crippen molar-refractivity contribution in [2.24, 2.45) is 5.92 Å². The molecular formula is C23H25ClF2N4O3. The molecule has 2 aromatic rings. The van der Waals surface area contributed by atoms with E-state index in [1.165, 1.54) is 6.20 Å². The van der Waals surface area contributed by atoms with Crippen molar-refractivity contribution in [3.63, 3.8) is 0 Å². The van der Waals surface area contributed by atoms with Crippen molar-refractivity contribution >= 4 is 29.3 Å². The molecule has 3 N–H and O–H groups in total. The second kappa shape index (κ2) is 8.78. The van der Waals surface area contributed by atoms with Crippen LogP contribution in [0.3, 0.4) is 0 Å². The third kappa shape index (κ3) is 5.03. The summed E-state index contributed by atoms with van der Waals surface area (Å²) in [4.78, 5) is 30.6. The Bertz CT molecular complexity index is 1090. The Morgan fingerprint density at radius 2 is 1.94 bits per heavy atom. The smallest absolute Gasteiger partial charge is 0.405 e. The maximum atomic E-state index is 14.1. The lowest BCUT2D eigenvalue weighted by atomic mass is 10.0. The third-order valence-electron chi connectivity index (χ3n) is 6.26. The average molecular weight is 479 g/mol. The maximum Gasteiger partial charge on any atom is 0.405 e. The van der Waals surface area contributed by atoms with Crippen LogP contribution in [-0.2, 0) is 0 Å². The minimum Gasteiger partial charge on any atom is -0.465 e. The van der Waals surface area contributed by atoms with Gasteiger partial charge in [-0.1, -0.05) is 11.6 Å². The van der Waals surface area contributed by atoms with Crippen LogP contribution in [0.5, 0.6) is 0 Å². The molecule has 0 spiro atoms. The molecule has 2 atom stereocenters. The topological polar surface area (TPSA) is 94.6 Å². The highest BCUT2D eigenvalue weighted by Gasteiger charge is 2.39. The van der Waals surface area contributed by atoms with E-state index in [2.05, 4.69) is 15.6 Å². The van der Waals surface area contributed by atoms with Crippen LogP contribution >= 0.6 is 11.6 Å². The summed E-state index contributed by atoms with van der Waals surface area (Å²) in [6.45, 7) is 4.31. The fraction of sp³-hybridized carbons (Fsp3) is 0.435. The molecule has 2 aliphatic rings. The van der Waals surface area contributed by atoms with Crippen molar-refractivity contribution in [1.82, 2.24) is 15.6 Å². The Balaban J connectivity index is 1.82. The van der Waals surface area contributed by atoms with E-state index in [0.717, 1.165) is 31.0 Å². The second-order valence-electron chi connectivity index (χ2n) is 9.10. The monoisotopic (exact) mass is 478 g/mol. The van der Waals surface area contributed by atoms with E-state index in [1.54, 1.807) is 11.8 Å². The number of pyridine rings is 1. The van der Waals surface area contributed by atoms with E-state index >= 15 is 0 Å². The summed E-state index contributed by atoms with van der Waals surface area (Å²) < 4.78 is 28.2. The predicted octanol–water partition coefficient (Wildman–Crippen LogP) is 4.44. The number of nitrogens with one attached hydrogen (secondary N) is 2. The number of benzene rings is 1. The number of halogens is 3. The van der Waals surface area contributed by atoms with Crippen molar-refractivity contribution in [3.8, 4) is 11.1 Å². The SMILES string of the molecule is C[C@H](NC(=O)c1ncc(Cl)c(-c2cc(F)cc(F)c2)c1N1CC[C@](C)(NC(=O)O)C1)C1CC1. The zero-order valence-corrected chi connectivity index (χ0v) is 19.0. The molecule has 1 saturated carbocycles. The van der Waals surface area contributed by atoms with Gasteiger partial charge in [0.2, 0.25) is 0 Å². The van der Waals surface area contributed by atoms with Crippen LogP contribution in [0.4, 0.5) is 19.3 Å². The van der Waals surface area contributed by atoms with Gasteiger partial charge in [0, 0.05) is 37.0 Å². The van der Waals surface area contributed by atoms with Gasteiger partial charge in [0.1, 0.15) is 11.6 Å². The van der Waals surface area contributed by atoms with Gasteiger partial charge in [-0.3, -0.25) is 4.79 Å². The summed E-state index contributed by atoms with van der Waals surface area (Å²) in [5.41, 5.74) is 0.0520. The number of hydrogen-bond donors (Lipinski definition) is 3. The highest BCUT2D eigenvalue weighted by Crippen LogP contribution is 2.42. The number of nitrogens with zero attached hydrogens (tertiary/aromatic N) is 2. The molecule has 1 aromatic heterocycles. The first-order valence-corrected chi connectivity index (χ1v) is 11.2. The number of carbonyl (C=O) groups is 2. The molecule has 2 amide bonds. The van der Waals surface area contributed by atoms with E-state index in [0.29, 0.717) is 24.6 Å². The highest BCUT2D eigenvalue weighted by molar-refractivity contribution is 6.34. The Labute approximate surface area is 195 Å². The van der Waals surface area contributed by atoms with E-state index in [1.807, 2.05) is 6.92 Å². The maximum absolute atomic E-state index is 14.1. The Morgan fingerprint density at radius 3 is 2.55 bits per heavy atom. The number of hydrogen-bond acceptors (Lipinski definition) is 4. The lowest BCUT2D eigenvalue weighted by Crippen LogP contribution is -2.47. The first kappa shape index (κ1) is 23.2. The van der Waals surface area contributed by atoms with Crippen LogP contribution < -0.4 is 15.5 Å².